The summed E-state index contributed by atoms with van der Waals surface area (Å²) in [7, 11) is 0. The van der Waals surface area contributed by atoms with Crippen LogP contribution < -0.4 is 0 Å². The number of amides is 2. The lowest BCUT2D eigenvalue weighted by atomic mass is 10.2. The molecule has 0 aliphatic carbocycles. The first kappa shape index (κ1) is 14.1. The van der Waals surface area contributed by atoms with Gasteiger partial charge in [0, 0.05) is 38.9 Å². The maximum absolute atomic E-state index is 12.2. The van der Waals surface area contributed by atoms with E-state index in [0.29, 0.717) is 38.5 Å². The number of aryl methyl sites for hydroxylation is 1. The number of carbonyl (C=O) groups excluding carboxylic acids is 2. The minimum Gasteiger partial charge on any atom is -0.368 e. The van der Waals surface area contributed by atoms with E-state index < -0.39 is 0 Å². The van der Waals surface area contributed by atoms with Gasteiger partial charge in [-0.05, 0) is 19.8 Å². The summed E-state index contributed by atoms with van der Waals surface area (Å²) in [4.78, 5) is 27.9. The normalized spacial score (nSPS) is 22.6. The van der Waals surface area contributed by atoms with Crippen molar-refractivity contribution in [2.45, 2.75) is 25.9 Å². The highest BCUT2D eigenvalue weighted by Crippen LogP contribution is 2.16. The number of nitrogens with zero attached hydrogens (tertiary/aromatic N) is 3. The van der Waals surface area contributed by atoms with E-state index in [1.54, 1.807) is 22.8 Å². The molecule has 1 aromatic rings. The summed E-state index contributed by atoms with van der Waals surface area (Å²) in [6.07, 6.45) is 1.46. The zero-order valence-electron chi connectivity index (χ0n) is 12.1. The molecule has 7 heteroatoms. The Morgan fingerprint density at radius 3 is 2.52 bits per heavy atom. The van der Waals surface area contributed by atoms with E-state index in [4.69, 9.17) is 9.26 Å². The Bertz CT molecular complexity index is 528. The van der Waals surface area contributed by atoms with Crippen LogP contribution in [0.15, 0.2) is 10.6 Å². The maximum Gasteiger partial charge on any atom is 0.292 e. The second-order valence-electron chi connectivity index (χ2n) is 5.45. The van der Waals surface area contributed by atoms with Gasteiger partial charge in [-0.15, -0.1) is 0 Å². The highest BCUT2D eigenvalue weighted by Gasteiger charge is 2.32. The molecule has 2 fully saturated rings. The lowest BCUT2D eigenvalue weighted by Crippen LogP contribution is -2.52. The number of rotatable bonds is 2. The Balaban J connectivity index is 1.55. The average Bonchev–Trinajstić information content (AvgIpc) is 3.17. The third kappa shape index (κ3) is 2.92. The monoisotopic (exact) mass is 293 g/mol. The maximum atomic E-state index is 12.2. The summed E-state index contributed by atoms with van der Waals surface area (Å²) >= 11 is 0. The van der Waals surface area contributed by atoms with E-state index in [1.165, 1.54) is 0 Å². The Morgan fingerprint density at radius 2 is 1.95 bits per heavy atom. The first-order valence-corrected chi connectivity index (χ1v) is 7.28. The quantitative estimate of drug-likeness (QED) is 0.791. The molecule has 114 valence electrons. The van der Waals surface area contributed by atoms with Crippen molar-refractivity contribution in [3.63, 3.8) is 0 Å². The SMILES string of the molecule is Cc1cc(C(=O)N2CCN(C(=O)C3CCCO3)CC2)on1. The van der Waals surface area contributed by atoms with Gasteiger partial charge in [-0.3, -0.25) is 9.59 Å². The van der Waals surface area contributed by atoms with Gasteiger partial charge in [0.15, 0.2) is 0 Å². The van der Waals surface area contributed by atoms with E-state index in [2.05, 4.69) is 5.16 Å². The molecule has 21 heavy (non-hydrogen) atoms. The van der Waals surface area contributed by atoms with Gasteiger partial charge in [0.2, 0.25) is 5.76 Å². The lowest BCUT2D eigenvalue weighted by Gasteiger charge is -2.35. The number of piperazine rings is 1. The van der Waals surface area contributed by atoms with Crippen molar-refractivity contribution in [1.29, 1.82) is 0 Å². The van der Waals surface area contributed by atoms with Crippen LogP contribution in [-0.2, 0) is 9.53 Å². The van der Waals surface area contributed by atoms with Crippen LogP contribution >= 0.6 is 0 Å². The average molecular weight is 293 g/mol. The molecule has 2 amide bonds. The van der Waals surface area contributed by atoms with Gasteiger partial charge < -0.3 is 19.1 Å². The van der Waals surface area contributed by atoms with Crippen molar-refractivity contribution < 1.29 is 18.8 Å². The van der Waals surface area contributed by atoms with E-state index in [-0.39, 0.29) is 23.7 Å². The Hall–Kier alpha value is -1.89. The number of aromatic nitrogens is 1. The second-order valence-corrected chi connectivity index (χ2v) is 5.45. The highest BCUT2D eigenvalue weighted by atomic mass is 16.5. The van der Waals surface area contributed by atoms with Crippen molar-refractivity contribution in [2.75, 3.05) is 32.8 Å². The fraction of sp³-hybridized carbons (Fsp3) is 0.643. The number of ether oxygens (including phenoxy) is 1. The molecule has 2 aliphatic rings. The third-order valence-corrected chi connectivity index (χ3v) is 3.92. The van der Waals surface area contributed by atoms with Crippen LogP contribution in [0.1, 0.15) is 29.1 Å². The van der Waals surface area contributed by atoms with Crippen LogP contribution in [0.3, 0.4) is 0 Å². The van der Waals surface area contributed by atoms with E-state index in [9.17, 15) is 9.59 Å². The van der Waals surface area contributed by atoms with E-state index in [1.807, 2.05) is 0 Å². The Labute approximate surface area is 122 Å². The van der Waals surface area contributed by atoms with Gasteiger partial charge in [-0.25, -0.2) is 0 Å². The predicted molar refractivity (Wildman–Crippen MR) is 72.7 cm³/mol. The molecule has 1 unspecified atom stereocenters. The van der Waals surface area contributed by atoms with Crippen LogP contribution in [0.5, 0.6) is 0 Å². The van der Waals surface area contributed by atoms with Gasteiger partial charge in [0.25, 0.3) is 11.8 Å². The summed E-state index contributed by atoms with van der Waals surface area (Å²) in [5.41, 5.74) is 0.686. The third-order valence-electron chi connectivity index (χ3n) is 3.92. The van der Waals surface area contributed by atoms with Crippen LogP contribution in [0.4, 0.5) is 0 Å². The first-order chi connectivity index (χ1) is 10.1. The van der Waals surface area contributed by atoms with Gasteiger partial charge in [-0.2, -0.15) is 0 Å². The van der Waals surface area contributed by atoms with Gasteiger partial charge in [0.05, 0.1) is 5.69 Å². The molecule has 0 radical (unpaired) electrons. The molecular formula is C14H19N3O4. The molecule has 2 aliphatic heterocycles. The number of hydrogen-bond donors (Lipinski definition) is 0. The Morgan fingerprint density at radius 1 is 1.24 bits per heavy atom. The fourth-order valence-electron chi connectivity index (χ4n) is 2.73. The molecule has 3 rings (SSSR count). The standard InChI is InChI=1S/C14H19N3O4/c1-10-9-12(21-15-10)14(19)17-6-4-16(5-7-17)13(18)11-3-2-8-20-11/h9,11H,2-8H2,1H3. The van der Waals surface area contributed by atoms with E-state index >= 15 is 0 Å². The molecule has 2 saturated heterocycles. The van der Waals surface area contributed by atoms with Crippen LogP contribution in [-0.4, -0.2) is 65.7 Å². The van der Waals surface area contributed by atoms with Gasteiger partial charge in [-0.1, -0.05) is 5.16 Å². The molecule has 0 saturated carbocycles. The van der Waals surface area contributed by atoms with Crippen molar-refractivity contribution in [3.8, 4) is 0 Å². The molecular weight excluding hydrogens is 274 g/mol. The fourth-order valence-corrected chi connectivity index (χ4v) is 2.73. The molecule has 1 atom stereocenters. The van der Waals surface area contributed by atoms with Gasteiger partial charge >= 0.3 is 0 Å². The first-order valence-electron chi connectivity index (χ1n) is 7.28. The molecule has 0 bridgehead atoms. The summed E-state index contributed by atoms with van der Waals surface area (Å²) in [6.45, 7) is 4.54. The zero-order valence-corrected chi connectivity index (χ0v) is 12.1. The molecule has 3 heterocycles. The number of carbonyl (C=O) groups is 2. The molecule has 7 nitrogen and oxygen atoms in total. The second kappa shape index (κ2) is 5.85. The smallest absolute Gasteiger partial charge is 0.292 e. The van der Waals surface area contributed by atoms with Crippen molar-refractivity contribution in [2.24, 2.45) is 0 Å². The Kier molecular flexibility index (Phi) is 3.92. The van der Waals surface area contributed by atoms with Crippen LogP contribution in [0, 0.1) is 6.92 Å². The molecule has 1 aromatic heterocycles. The molecule has 0 N–H and O–H groups in total. The largest absolute Gasteiger partial charge is 0.368 e. The highest BCUT2D eigenvalue weighted by molar-refractivity contribution is 5.91. The van der Waals surface area contributed by atoms with Crippen molar-refractivity contribution in [1.82, 2.24) is 15.0 Å². The van der Waals surface area contributed by atoms with Crippen LogP contribution in [0.2, 0.25) is 0 Å². The minimum atomic E-state index is -0.288. The summed E-state index contributed by atoms with van der Waals surface area (Å²) in [5.74, 6) is 0.140. The van der Waals surface area contributed by atoms with E-state index in [0.717, 1.165) is 12.8 Å². The van der Waals surface area contributed by atoms with Gasteiger partial charge in [0.1, 0.15) is 6.10 Å². The topological polar surface area (TPSA) is 75.9 Å². The lowest BCUT2D eigenvalue weighted by molar-refractivity contribution is -0.142. The summed E-state index contributed by atoms with van der Waals surface area (Å²) < 4.78 is 10.4. The van der Waals surface area contributed by atoms with Crippen LogP contribution in [0.25, 0.3) is 0 Å². The summed E-state index contributed by atoms with van der Waals surface area (Å²) in [6, 6.07) is 1.63. The zero-order chi connectivity index (χ0) is 14.8. The minimum absolute atomic E-state index is 0.0510. The van der Waals surface area contributed by atoms with Crippen molar-refractivity contribution in [3.05, 3.63) is 17.5 Å². The van der Waals surface area contributed by atoms with Crippen molar-refractivity contribution >= 4 is 11.8 Å². The number of hydrogen-bond acceptors (Lipinski definition) is 5. The molecule has 0 aromatic carbocycles. The molecule has 0 spiro atoms. The summed E-state index contributed by atoms with van der Waals surface area (Å²) in [5, 5.41) is 3.72. The predicted octanol–water partition coefficient (Wildman–Crippen LogP) is 0.446.